The molecule has 0 unspecified atom stereocenters. The minimum atomic E-state index is -0.240. The average Bonchev–Trinajstić information content (AvgIpc) is 2.49. The zero-order chi connectivity index (χ0) is 15.2. The van der Waals surface area contributed by atoms with Crippen LogP contribution in [0.1, 0.15) is 24.0 Å². The fourth-order valence-corrected chi connectivity index (χ4v) is 3.33. The van der Waals surface area contributed by atoms with Crippen molar-refractivity contribution in [2.24, 2.45) is 11.7 Å². The number of rotatable bonds is 5. The quantitative estimate of drug-likeness (QED) is 0.904. The Hall–Kier alpha value is -1.49. The summed E-state index contributed by atoms with van der Waals surface area (Å²) in [6.07, 6.45) is 1.40. The Balaban J connectivity index is 1.70. The number of likely N-dealkylation sites (tertiary alicyclic amines) is 1. The summed E-state index contributed by atoms with van der Waals surface area (Å²) >= 11 is 1.64. The molecule has 0 atom stereocenters. The number of carbonyl (C=O) groups excluding carboxylic acids is 2. The summed E-state index contributed by atoms with van der Waals surface area (Å²) in [6.45, 7) is 3.37. The van der Waals surface area contributed by atoms with E-state index in [1.54, 1.807) is 11.8 Å². The maximum Gasteiger partial charge on any atom is 0.232 e. The maximum absolute atomic E-state index is 12.1. The van der Waals surface area contributed by atoms with Gasteiger partial charge < -0.3 is 10.6 Å². The molecule has 4 nitrogen and oxygen atoms in total. The minimum Gasteiger partial charge on any atom is -0.369 e. The van der Waals surface area contributed by atoms with Gasteiger partial charge in [0.05, 0.1) is 5.75 Å². The van der Waals surface area contributed by atoms with E-state index >= 15 is 0 Å². The first kappa shape index (κ1) is 15.9. The Bertz CT molecular complexity index is 494. The molecule has 1 fully saturated rings. The first-order valence-corrected chi connectivity index (χ1v) is 8.42. The predicted molar refractivity (Wildman–Crippen MR) is 85.8 cm³/mol. The van der Waals surface area contributed by atoms with Gasteiger partial charge in [-0.2, -0.15) is 0 Å². The predicted octanol–water partition coefficient (Wildman–Crippen LogP) is 1.95. The van der Waals surface area contributed by atoms with Crippen LogP contribution in [0, 0.1) is 12.8 Å². The van der Waals surface area contributed by atoms with Crippen molar-refractivity contribution in [3.05, 3.63) is 35.4 Å². The summed E-state index contributed by atoms with van der Waals surface area (Å²) in [4.78, 5) is 25.1. The lowest BCUT2D eigenvalue weighted by Crippen LogP contribution is -2.42. The van der Waals surface area contributed by atoms with Gasteiger partial charge in [0.25, 0.3) is 0 Å². The van der Waals surface area contributed by atoms with E-state index in [-0.39, 0.29) is 17.7 Å². The smallest absolute Gasteiger partial charge is 0.232 e. The lowest BCUT2D eigenvalue weighted by Gasteiger charge is -2.30. The lowest BCUT2D eigenvalue weighted by atomic mass is 9.96. The van der Waals surface area contributed by atoms with Crippen LogP contribution in [0.4, 0.5) is 0 Å². The van der Waals surface area contributed by atoms with Crippen LogP contribution in [0.5, 0.6) is 0 Å². The van der Waals surface area contributed by atoms with Gasteiger partial charge in [0.2, 0.25) is 11.8 Å². The molecule has 0 radical (unpaired) electrons. The number of nitrogens with two attached hydrogens (primary N) is 1. The van der Waals surface area contributed by atoms with Crippen LogP contribution in [-0.2, 0) is 15.3 Å². The molecule has 0 aromatic heterocycles. The van der Waals surface area contributed by atoms with Gasteiger partial charge in [-0.05, 0) is 25.3 Å². The van der Waals surface area contributed by atoms with Crippen molar-refractivity contribution in [3.63, 3.8) is 0 Å². The molecule has 1 heterocycles. The monoisotopic (exact) mass is 306 g/mol. The van der Waals surface area contributed by atoms with Crippen LogP contribution in [-0.4, -0.2) is 35.6 Å². The van der Waals surface area contributed by atoms with Gasteiger partial charge in [-0.1, -0.05) is 29.8 Å². The zero-order valence-electron chi connectivity index (χ0n) is 12.4. The van der Waals surface area contributed by atoms with Gasteiger partial charge in [0.1, 0.15) is 0 Å². The molecule has 5 heteroatoms. The highest BCUT2D eigenvalue weighted by atomic mass is 32.2. The van der Waals surface area contributed by atoms with Crippen LogP contribution < -0.4 is 5.73 Å². The van der Waals surface area contributed by atoms with E-state index in [9.17, 15) is 9.59 Å². The summed E-state index contributed by atoms with van der Waals surface area (Å²) in [5.74, 6) is 1.21. The van der Waals surface area contributed by atoms with Crippen molar-refractivity contribution in [1.82, 2.24) is 4.90 Å². The van der Waals surface area contributed by atoms with Crippen molar-refractivity contribution < 1.29 is 9.59 Å². The van der Waals surface area contributed by atoms with E-state index in [0.717, 1.165) is 5.75 Å². The fourth-order valence-electron chi connectivity index (χ4n) is 2.45. The molecular formula is C16H22N2O2S. The molecule has 0 bridgehead atoms. The summed E-state index contributed by atoms with van der Waals surface area (Å²) < 4.78 is 0. The van der Waals surface area contributed by atoms with Gasteiger partial charge in [-0.3, -0.25) is 9.59 Å². The van der Waals surface area contributed by atoms with Crippen molar-refractivity contribution in [3.8, 4) is 0 Å². The van der Waals surface area contributed by atoms with Gasteiger partial charge in [0, 0.05) is 24.8 Å². The molecule has 1 saturated heterocycles. The van der Waals surface area contributed by atoms with Crippen molar-refractivity contribution in [2.75, 3.05) is 18.8 Å². The molecular weight excluding hydrogens is 284 g/mol. The molecule has 21 heavy (non-hydrogen) atoms. The molecule has 1 aliphatic heterocycles. The molecule has 1 aromatic rings. The Kier molecular flexibility index (Phi) is 5.67. The number of piperidine rings is 1. The first-order valence-electron chi connectivity index (χ1n) is 7.26. The molecule has 1 aromatic carbocycles. The fraction of sp³-hybridized carbons (Fsp3) is 0.500. The summed E-state index contributed by atoms with van der Waals surface area (Å²) in [5.41, 5.74) is 7.79. The van der Waals surface area contributed by atoms with Crippen LogP contribution in [0.3, 0.4) is 0 Å². The molecule has 0 aliphatic carbocycles. The summed E-state index contributed by atoms with van der Waals surface area (Å²) in [5, 5.41) is 0. The molecule has 0 spiro atoms. The number of thioether (sulfide) groups is 1. The SMILES string of the molecule is Cc1ccc(CSCC(=O)N2CCC(C(N)=O)CC2)cc1. The highest BCUT2D eigenvalue weighted by Gasteiger charge is 2.25. The number of hydrogen-bond acceptors (Lipinski definition) is 3. The van der Waals surface area contributed by atoms with Crippen LogP contribution >= 0.6 is 11.8 Å². The standard InChI is InChI=1S/C16H22N2O2S/c1-12-2-4-13(5-3-12)10-21-11-15(19)18-8-6-14(7-9-18)16(17)20/h2-5,14H,6-11H2,1H3,(H2,17,20). The second-order valence-corrected chi connectivity index (χ2v) is 6.52. The third-order valence-electron chi connectivity index (χ3n) is 3.86. The van der Waals surface area contributed by atoms with Gasteiger partial charge in [-0.15, -0.1) is 11.8 Å². The van der Waals surface area contributed by atoms with Gasteiger partial charge >= 0.3 is 0 Å². The highest BCUT2D eigenvalue weighted by molar-refractivity contribution is 7.99. The Morgan fingerprint density at radius 1 is 1.24 bits per heavy atom. The molecule has 2 rings (SSSR count). The number of primary amides is 1. The number of amides is 2. The normalized spacial score (nSPS) is 16.0. The number of carbonyl (C=O) groups is 2. The molecule has 1 aliphatic rings. The summed E-state index contributed by atoms with van der Waals surface area (Å²) in [7, 11) is 0. The van der Waals surface area contributed by atoms with E-state index in [0.29, 0.717) is 31.7 Å². The van der Waals surface area contributed by atoms with E-state index in [1.807, 2.05) is 4.90 Å². The average molecular weight is 306 g/mol. The van der Waals surface area contributed by atoms with Crippen molar-refractivity contribution in [2.45, 2.75) is 25.5 Å². The van der Waals surface area contributed by atoms with E-state index in [2.05, 4.69) is 31.2 Å². The maximum atomic E-state index is 12.1. The number of benzene rings is 1. The van der Waals surface area contributed by atoms with Crippen LogP contribution in [0.2, 0.25) is 0 Å². The van der Waals surface area contributed by atoms with Gasteiger partial charge in [0.15, 0.2) is 0 Å². The Labute approximate surface area is 130 Å². The second kappa shape index (κ2) is 7.50. The third-order valence-corrected chi connectivity index (χ3v) is 4.85. The Morgan fingerprint density at radius 2 is 1.86 bits per heavy atom. The summed E-state index contributed by atoms with van der Waals surface area (Å²) in [6, 6.07) is 8.38. The van der Waals surface area contributed by atoms with E-state index in [4.69, 9.17) is 5.73 Å². The van der Waals surface area contributed by atoms with E-state index in [1.165, 1.54) is 11.1 Å². The van der Waals surface area contributed by atoms with Gasteiger partial charge in [-0.25, -0.2) is 0 Å². The Morgan fingerprint density at radius 3 is 2.43 bits per heavy atom. The third kappa shape index (κ3) is 4.77. The second-order valence-electron chi connectivity index (χ2n) is 5.54. The minimum absolute atomic E-state index is 0.0609. The van der Waals surface area contributed by atoms with Crippen LogP contribution in [0.25, 0.3) is 0 Å². The molecule has 2 N–H and O–H groups in total. The van der Waals surface area contributed by atoms with Crippen molar-refractivity contribution in [1.29, 1.82) is 0 Å². The zero-order valence-corrected chi connectivity index (χ0v) is 13.2. The molecule has 0 saturated carbocycles. The first-order chi connectivity index (χ1) is 10.1. The molecule has 2 amide bonds. The number of nitrogens with zero attached hydrogens (tertiary/aromatic N) is 1. The lowest BCUT2D eigenvalue weighted by molar-refractivity contribution is -0.132. The van der Waals surface area contributed by atoms with E-state index < -0.39 is 0 Å². The van der Waals surface area contributed by atoms with Crippen LogP contribution in [0.15, 0.2) is 24.3 Å². The van der Waals surface area contributed by atoms with Crippen molar-refractivity contribution >= 4 is 23.6 Å². The topological polar surface area (TPSA) is 63.4 Å². The highest BCUT2D eigenvalue weighted by Crippen LogP contribution is 2.19. The largest absolute Gasteiger partial charge is 0.369 e. The molecule has 114 valence electrons. The number of aryl methyl sites for hydroxylation is 1. The number of hydrogen-bond donors (Lipinski definition) is 1.